The molecule has 29 heavy (non-hydrogen) atoms. The Morgan fingerprint density at radius 3 is 2.76 bits per heavy atom. The average molecular weight is 422 g/mol. The molecular weight excluding hydrogens is 394 g/mol. The van der Waals surface area contributed by atoms with Crippen molar-refractivity contribution in [1.82, 2.24) is 14.9 Å². The van der Waals surface area contributed by atoms with E-state index in [1.54, 1.807) is 19.2 Å². The number of hydrogen-bond donors (Lipinski definition) is 0. The first-order valence-electron chi connectivity index (χ1n) is 9.89. The third-order valence-electron chi connectivity index (χ3n) is 4.84. The predicted octanol–water partition coefficient (Wildman–Crippen LogP) is 4.85. The van der Waals surface area contributed by atoms with Gasteiger partial charge in [0.15, 0.2) is 11.5 Å². The van der Waals surface area contributed by atoms with E-state index in [4.69, 9.17) is 25.8 Å². The van der Waals surface area contributed by atoms with Crippen molar-refractivity contribution in [2.75, 3.05) is 20.3 Å². The van der Waals surface area contributed by atoms with Crippen molar-refractivity contribution < 1.29 is 19.0 Å². The van der Waals surface area contributed by atoms with Gasteiger partial charge >= 0.3 is 6.09 Å². The lowest BCUT2D eigenvalue weighted by Crippen LogP contribution is -2.46. The van der Waals surface area contributed by atoms with Gasteiger partial charge in [-0.2, -0.15) is 0 Å². The fourth-order valence-corrected chi connectivity index (χ4v) is 3.67. The van der Waals surface area contributed by atoms with Crippen molar-refractivity contribution in [2.24, 2.45) is 0 Å². The second kappa shape index (κ2) is 9.03. The van der Waals surface area contributed by atoms with Crippen molar-refractivity contribution in [3.63, 3.8) is 0 Å². The number of fused-ring (bicyclic) bond motifs is 1. The normalized spacial score (nSPS) is 17.3. The van der Waals surface area contributed by atoms with E-state index >= 15 is 0 Å². The number of amides is 1. The maximum absolute atomic E-state index is 12.6. The van der Waals surface area contributed by atoms with Crippen LogP contribution in [-0.4, -0.2) is 52.9 Å². The molecule has 2 heterocycles. The number of nitrogens with zero attached hydrogens (tertiary/aromatic N) is 3. The van der Waals surface area contributed by atoms with Crippen LogP contribution >= 0.6 is 11.6 Å². The summed E-state index contributed by atoms with van der Waals surface area (Å²) in [7, 11) is 1.58. The minimum Gasteiger partial charge on any atom is -0.493 e. The number of methoxy groups -OCH3 is 1. The number of benzene rings is 1. The number of halogens is 1. The molecule has 0 radical (unpaired) electrons. The summed E-state index contributed by atoms with van der Waals surface area (Å²) in [6, 6.07) is 3.68. The van der Waals surface area contributed by atoms with Crippen LogP contribution in [0.15, 0.2) is 18.5 Å². The summed E-state index contributed by atoms with van der Waals surface area (Å²) in [5.41, 5.74) is 0.186. The molecule has 158 valence electrons. The second-order valence-corrected chi connectivity index (χ2v) is 8.50. The first kappa shape index (κ1) is 21.4. The standard InChI is InChI=1S/C21H28ClN3O4/c1-21(2,3)29-20(26)25-9-6-5-7-14(25)8-10-28-18-12-16-15(11-17(18)27-4)19(22)24-13-23-16/h11-14H,5-10H2,1-4H3. The van der Waals surface area contributed by atoms with Gasteiger partial charge in [0.2, 0.25) is 0 Å². The number of aromatic nitrogens is 2. The maximum atomic E-state index is 12.6. The molecule has 1 saturated heterocycles. The van der Waals surface area contributed by atoms with Gasteiger partial charge in [0.25, 0.3) is 0 Å². The first-order chi connectivity index (χ1) is 13.8. The molecule has 1 aliphatic rings. The highest BCUT2D eigenvalue weighted by Gasteiger charge is 2.30. The molecule has 0 N–H and O–H groups in total. The molecule has 1 atom stereocenters. The molecule has 1 aliphatic heterocycles. The van der Waals surface area contributed by atoms with Gasteiger partial charge in [-0.05, 0) is 46.1 Å². The number of rotatable bonds is 5. The average Bonchev–Trinajstić information content (AvgIpc) is 2.67. The molecule has 1 fully saturated rings. The summed E-state index contributed by atoms with van der Waals surface area (Å²) >= 11 is 6.14. The Labute approximate surface area is 176 Å². The molecular formula is C21H28ClN3O4. The van der Waals surface area contributed by atoms with Gasteiger partial charge in [-0.15, -0.1) is 0 Å². The van der Waals surface area contributed by atoms with Gasteiger partial charge in [-0.1, -0.05) is 11.6 Å². The molecule has 7 nitrogen and oxygen atoms in total. The lowest BCUT2D eigenvalue weighted by atomic mass is 10.0. The Morgan fingerprint density at radius 1 is 1.24 bits per heavy atom. The molecule has 1 amide bonds. The molecule has 0 bridgehead atoms. The Bertz CT molecular complexity index is 869. The molecule has 1 aromatic heterocycles. The smallest absolute Gasteiger partial charge is 0.410 e. The zero-order valence-corrected chi connectivity index (χ0v) is 18.2. The van der Waals surface area contributed by atoms with Crippen LogP contribution < -0.4 is 9.47 Å². The van der Waals surface area contributed by atoms with E-state index in [0.29, 0.717) is 47.1 Å². The second-order valence-electron chi connectivity index (χ2n) is 8.15. The van der Waals surface area contributed by atoms with Gasteiger partial charge in [-0.25, -0.2) is 14.8 Å². The first-order valence-corrected chi connectivity index (χ1v) is 10.3. The zero-order valence-electron chi connectivity index (χ0n) is 17.4. The van der Waals surface area contributed by atoms with E-state index in [9.17, 15) is 4.79 Å². The number of hydrogen-bond acceptors (Lipinski definition) is 6. The van der Waals surface area contributed by atoms with Crippen LogP contribution in [0.2, 0.25) is 5.15 Å². The number of carbonyl (C=O) groups is 1. The monoisotopic (exact) mass is 421 g/mol. The lowest BCUT2D eigenvalue weighted by Gasteiger charge is -2.36. The van der Waals surface area contributed by atoms with Crippen LogP contribution in [0.25, 0.3) is 10.9 Å². The molecule has 2 aromatic rings. The van der Waals surface area contributed by atoms with E-state index in [-0.39, 0.29) is 12.1 Å². The molecule has 0 aliphatic carbocycles. The van der Waals surface area contributed by atoms with E-state index in [0.717, 1.165) is 19.3 Å². The summed E-state index contributed by atoms with van der Waals surface area (Å²) in [5.74, 6) is 1.16. The molecule has 1 aromatic carbocycles. The lowest BCUT2D eigenvalue weighted by molar-refractivity contribution is 0.00740. The Morgan fingerprint density at radius 2 is 2.03 bits per heavy atom. The number of ether oxygens (including phenoxy) is 3. The van der Waals surface area contributed by atoms with E-state index < -0.39 is 5.60 Å². The molecule has 1 unspecified atom stereocenters. The fourth-order valence-electron chi connectivity index (χ4n) is 3.47. The van der Waals surface area contributed by atoms with Gasteiger partial charge in [0, 0.05) is 30.5 Å². The number of carbonyl (C=O) groups excluding carboxylic acids is 1. The quantitative estimate of drug-likeness (QED) is 0.642. The third kappa shape index (κ3) is 5.41. The summed E-state index contributed by atoms with van der Waals surface area (Å²) < 4.78 is 17.0. The van der Waals surface area contributed by atoms with Gasteiger partial charge in [0.05, 0.1) is 19.2 Å². The van der Waals surface area contributed by atoms with Crippen molar-refractivity contribution in [3.8, 4) is 11.5 Å². The van der Waals surface area contributed by atoms with E-state index in [2.05, 4.69) is 9.97 Å². The summed E-state index contributed by atoms with van der Waals surface area (Å²) in [5, 5.41) is 1.08. The highest BCUT2D eigenvalue weighted by atomic mass is 35.5. The van der Waals surface area contributed by atoms with Crippen molar-refractivity contribution >= 4 is 28.6 Å². The van der Waals surface area contributed by atoms with Crippen molar-refractivity contribution in [2.45, 2.75) is 58.1 Å². The van der Waals surface area contributed by atoms with Gasteiger partial charge < -0.3 is 19.1 Å². The SMILES string of the molecule is COc1cc2c(Cl)ncnc2cc1OCCC1CCCCN1C(=O)OC(C)(C)C. The Balaban J connectivity index is 1.67. The summed E-state index contributed by atoms with van der Waals surface area (Å²) in [4.78, 5) is 22.6. The minimum atomic E-state index is -0.503. The van der Waals surface area contributed by atoms with Crippen LogP contribution in [0.3, 0.4) is 0 Å². The number of piperidine rings is 1. The summed E-state index contributed by atoms with van der Waals surface area (Å²) in [6.45, 7) is 6.82. The third-order valence-corrected chi connectivity index (χ3v) is 5.14. The Hall–Kier alpha value is -2.28. The minimum absolute atomic E-state index is 0.0989. The van der Waals surface area contributed by atoms with Crippen molar-refractivity contribution in [3.05, 3.63) is 23.6 Å². The maximum Gasteiger partial charge on any atom is 0.410 e. The van der Waals surface area contributed by atoms with Crippen LogP contribution in [0.4, 0.5) is 4.79 Å². The molecule has 0 saturated carbocycles. The number of likely N-dealkylation sites (tertiary alicyclic amines) is 1. The van der Waals surface area contributed by atoms with Gasteiger partial charge in [-0.3, -0.25) is 0 Å². The van der Waals surface area contributed by atoms with Crippen LogP contribution in [-0.2, 0) is 4.74 Å². The highest BCUT2D eigenvalue weighted by molar-refractivity contribution is 6.34. The highest BCUT2D eigenvalue weighted by Crippen LogP contribution is 2.34. The molecule has 8 heteroatoms. The van der Waals surface area contributed by atoms with E-state index in [1.165, 1.54) is 6.33 Å². The topological polar surface area (TPSA) is 73.8 Å². The van der Waals surface area contributed by atoms with Crippen LogP contribution in [0, 0.1) is 0 Å². The molecule has 3 rings (SSSR count). The van der Waals surface area contributed by atoms with Crippen LogP contribution in [0.1, 0.15) is 46.5 Å². The van der Waals surface area contributed by atoms with Gasteiger partial charge in [0.1, 0.15) is 17.1 Å². The fraction of sp³-hybridized carbons (Fsp3) is 0.571. The van der Waals surface area contributed by atoms with Crippen molar-refractivity contribution in [1.29, 1.82) is 0 Å². The zero-order chi connectivity index (χ0) is 21.0. The van der Waals surface area contributed by atoms with E-state index in [1.807, 2.05) is 25.7 Å². The summed E-state index contributed by atoms with van der Waals surface area (Å²) in [6.07, 6.45) is 4.91. The predicted molar refractivity (Wildman–Crippen MR) is 112 cm³/mol. The Kier molecular flexibility index (Phi) is 6.67. The van der Waals surface area contributed by atoms with Crippen LogP contribution in [0.5, 0.6) is 11.5 Å². The molecule has 0 spiro atoms. The largest absolute Gasteiger partial charge is 0.493 e.